The van der Waals surface area contributed by atoms with E-state index in [1.165, 1.54) is 29.9 Å². The number of thioether (sulfide) groups is 1. The summed E-state index contributed by atoms with van der Waals surface area (Å²) in [5.41, 5.74) is 0. The first-order chi connectivity index (χ1) is 10.5. The van der Waals surface area contributed by atoms with Crippen LogP contribution in [0.15, 0.2) is 11.5 Å². The number of carbonyl (C=O) groups excluding carboxylic acids is 1. The van der Waals surface area contributed by atoms with E-state index >= 15 is 0 Å². The van der Waals surface area contributed by atoms with Gasteiger partial charge in [0, 0.05) is 21.1 Å². The Bertz CT molecular complexity index is 659. The number of aromatic nitrogens is 6. The molecule has 0 bridgehead atoms. The Morgan fingerprint density at radius 1 is 1.41 bits per heavy atom. The lowest BCUT2D eigenvalue weighted by molar-refractivity contribution is -0.137. The molecule has 0 spiro atoms. The van der Waals surface area contributed by atoms with Crippen molar-refractivity contribution in [2.75, 3.05) is 44.2 Å². The van der Waals surface area contributed by atoms with Crippen molar-refractivity contribution in [1.82, 2.24) is 29.7 Å². The normalized spacial score (nSPS) is 10.4. The van der Waals surface area contributed by atoms with Crippen molar-refractivity contribution in [1.29, 1.82) is 0 Å². The summed E-state index contributed by atoms with van der Waals surface area (Å²) in [7, 11) is 6.72. The van der Waals surface area contributed by atoms with Gasteiger partial charge in [0.25, 0.3) is 5.95 Å². The van der Waals surface area contributed by atoms with Gasteiger partial charge in [0.1, 0.15) is 6.33 Å². The number of anilines is 2. The van der Waals surface area contributed by atoms with E-state index in [1.54, 1.807) is 11.9 Å². The first-order valence-electron chi connectivity index (χ1n) is 6.26. The van der Waals surface area contributed by atoms with Crippen molar-refractivity contribution < 1.29 is 9.53 Å². The summed E-state index contributed by atoms with van der Waals surface area (Å²) in [6.07, 6.45) is 1.48. The molecule has 11 heteroatoms. The predicted octanol–water partition coefficient (Wildman–Crippen LogP) is -0.175. The summed E-state index contributed by atoms with van der Waals surface area (Å²) in [6.45, 7) is 0. The molecule has 1 N–H and O–H groups in total. The molecule has 2 heterocycles. The molecule has 0 radical (unpaired) electrons. The van der Waals surface area contributed by atoms with Gasteiger partial charge in [-0.2, -0.15) is 19.6 Å². The highest BCUT2D eigenvalue weighted by molar-refractivity contribution is 7.99. The van der Waals surface area contributed by atoms with Crippen molar-refractivity contribution in [3.8, 4) is 5.95 Å². The van der Waals surface area contributed by atoms with E-state index in [4.69, 9.17) is 0 Å². The summed E-state index contributed by atoms with van der Waals surface area (Å²) in [6, 6.07) is 0. The predicted molar refractivity (Wildman–Crippen MR) is 81.4 cm³/mol. The molecule has 0 aliphatic carbocycles. The molecule has 0 atom stereocenters. The Balaban J connectivity index is 2.23. The highest BCUT2D eigenvalue weighted by Crippen LogP contribution is 2.14. The number of ether oxygens (including phenoxy) is 1. The summed E-state index contributed by atoms with van der Waals surface area (Å²) in [5, 5.41) is 7.53. The largest absolute Gasteiger partial charge is 0.468 e. The summed E-state index contributed by atoms with van der Waals surface area (Å²) in [5.74, 6) is 1.05. The van der Waals surface area contributed by atoms with Crippen molar-refractivity contribution >= 4 is 29.6 Å². The number of esters is 1. The lowest BCUT2D eigenvalue weighted by Gasteiger charge is -2.11. The first-order valence-corrected chi connectivity index (χ1v) is 7.25. The van der Waals surface area contributed by atoms with Gasteiger partial charge in [0.15, 0.2) is 0 Å². The maximum Gasteiger partial charge on any atom is 0.316 e. The highest BCUT2D eigenvalue weighted by Gasteiger charge is 2.12. The second-order valence-corrected chi connectivity index (χ2v) is 5.18. The van der Waals surface area contributed by atoms with Gasteiger partial charge < -0.3 is 15.0 Å². The third-order valence-electron chi connectivity index (χ3n) is 2.46. The van der Waals surface area contributed by atoms with Gasteiger partial charge in [-0.05, 0) is 0 Å². The summed E-state index contributed by atoms with van der Waals surface area (Å²) >= 11 is 1.17. The molecule has 0 unspecified atom stereocenters. The number of rotatable bonds is 6. The van der Waals surface area contributed by atoms with Crippen LogP contribution >= 0.6 is 11.8 Å². The Morgan fingerprint density at radius 3 is 2.82 bits per heavy atom. The van der Waals surface area contributed by atoms with Crippen LogP contribution in [-0.2, 0) is 9.53 Å². The van der Waals surface area contributed by atoms with Crippen molar-refractivity contribution in [3.63, 3.8) is 0 Å². The van der Waals surface area contributed by atoms with E-state index < -0.39 is 0 Å². The Kier molecular flexibility index (Phi) is 5.09. The van der Waals surface area contributed by atoms with Gasteiger partial charge >= 0.3 is 5.97 Å². The zero-order valence-corrected chi connectivity index (χ0v) is 13.5. The molecule has 2 aromatic heterocycles. The molecule has 2 aromatic rings. The second-order valence-electron chi connectivity index (χ2n) is 4.24. The lowest BCUT2D eigenvalue weighted by Crippen LogP contribution is -2.17. The smallest absolute Gasteiger partial charge is 0.316 e. The number of nitrogens with one attached hydrogen (secondary N) is 1. The Morgan fingerprint density at radius 2 is 2.18 bits per heavy atom. The van der Waals surface area contributed by atoms with Gasteiger partial charge in [-0.25, -0.2) is 4.98 Å². The van der Waals surface area contributed by atoms with Crippen LogP contribution in [0.2, 0.25) is 0 Å². The number of nitrogens with zero attached hydrogens (tertiary/aromatic N) is 7. The third kappa shape index (κ3) is 3.81. The van der Waals surface area contributed by atoms with Crippen molar-refractivity contribution in [3.05, 3.63) is 6.33 Å². The number of hydrogen-bond donors (Lipinski definition) is 1. The zero-order valence-electron chi connectivity index (χ0n) is 12.6. The first kappa shape index (κ1) is 15.9. The molecule has 0 aromatic carbocycles. The van der Waals surface area contributed by atoms with Crippen LogP contribution in [0.25, 0.3) is 5.95 Å². The molecule has 0 fully saturated rings. The average molecular weight is 324 g/mol. The monoisotopic (exact) mass is 324 g/mol. The minimum Gasteiger partial charge on any atom is -0.468 e. The van der Waals surface area contributed by atoms with E-state index in [0.29, 0.717) is 23.0 Å². The van der Waals surface area contributed by atoms with Crippen LogP contribution in [0.4, 0.5) is 11.9 Å². The minimum atomic E-state index is -0.339. The molecule has 0 amide bonds. The fourth-order valence-corrected chi connectivity index (χ4v) is 1.99. The molecule has 0 saturated heterocycles. The topological polar surface area (TPSA) is 111 Å². The van der Waals surface area contributed by atoms with Crippen LogP contribution in [0.3, 0.4) is 0 Å². The van der Waals surface area contributed by atoms with Crippen LogP contribution in [0.5, 0.6) is 0 Å². The highest BCUT2D eigenvalue weighted by atomic mass is 32.2. The molecule has 10 nitrogen and oxygen atoms in total. The van der Waals surface area contributed by atoms with E-state index in [0.717, 1.165) is 0 Å². The van der Waals surface area contributed by atoms with Crippen LogP contribution in [0, 0.1) is 0 Å². The maximum absolute atomic E-state index is 11.1. The van der Waals surface area contributed by atoms with Gasteiger partial charge in [0.2, 0.25) is 17.1 Å². The molecule has 0 aliphatic heterocycles. The molecular formula is C11H16N8O2S. The lowest BCUT2D eigenvalue weighted by atomic mass is 10.7. The molecule has 22 heavy (non-hydrogen) atoms. The zero-order chi connectivity index (χ0) is 16.1. The van der Waals surface area contributed by atoms with Gasteiger partial charge in [-0.3, -0.25) is 4.79 Å². The van der Waals surface area contributed by atoms with Crippen LogP contribution in [-0.4, -0.2) is 69.7 Å². The van der Waals surface area contributed by atoms with Gasteiger partial charge in [0.05, 0.1) is 12.9 Å². The molecule has 0 saturated carbocycles. The van der Waals surface area contributed by atoms with Crippen molar-refractivity contribution in [2.24, 2.45) is 0 Å². The van der Waals surface area contributed by atoms with E-state index in [1.807, 2.05) is 14.1 Å². The van der Waals surface area contributed by atoms with E-state index in [2.05, 4.69) is 35.1 Å². The van der Waals surface area contributed by atoms with E-state index in [9.17, 15) is 4.79 Å². The number of hydrogen-bond acceptors (Lipinski definition) is 10. The van der Waals surface area contributed by atoms with Gasteiger partial charge in [-0.1, -0.05) is 11.8 Å². The number of carbonyl (C=O) groups is 1. The molecule has 2 rings (SSSR count). The molecule has 0 aliphatic rings. The van der Waals surface area contributed by atoms with Crippen LogP contribution in [0.1, 0.15) is 0 Å². The standard InChI is InChI=1S/C11H16N8O2S/c1-12-8-14-9(18(2)3)16-10(15-8)19-6-13-11(17-19)22-5-7(20)21-4/h6H,5H2,1-4H3,(H,12,14,15,16). The van der Waals surface area contributed by atoms with Crippen LogP contribution < -0.4 is 10.2 Å². The quantitative estimate of drug-likeness (QED) is 0.567. The fourth-order valence-electron chi connectivity index (χ4n) is 1.36. The third-order valence-corrected chi connectivity index (χ3v) is 3.28. The molecular weight excluding hydrogens is 308 g/mol. The summed E-state index contributed by atoms with van der Waals surface area (Å²) < 4.78 is 5.99. The Labute approximate surface area is 131 Å². The average Bonchev–Trinajstić information content (AvgIpc) is 3.00. The fraction of sp³-hybridized carbons (Fsp3) is 0.455. The number of methoxy groups -OCH3 is 1. The minimum absolute atomic E-state index is 0.141. The van der Waals surface area contributed by atoms with Crippen molar-refractivity contribution in [2.45, 2.75) is 5.16 Å². The van der Waals surface area contributed by atoms with E-state index in [-0.39, 0.29) is 11.7 Å². The second kappa shape index (κ2) is 7.02. The maximum atomic E-state index is 11.1. The molecule has 118 valence electrons. The SMILES string of the molecule is CNc1nc(N(C)C)nc(-n2cnc(SCC(=O)OC)n2)n1. The Hall–Kier alpha value is -2.43. The van der Waals surface area contributed by atoms with Gasteiger partial charge in [-0.15, -0.1) is 5.10 Å². The summed E-state index contributed by atoms with van der Waals surface area (Å²) in [4.78, 5) is 29.7.